The van der Waals surface area contributed by atoms with E-state index < -0.39 is 52.2 Å². The second-order valence-electron chi connectivity index (χ2n) is 3.29. The lowest BCUT2D eigenvalue weighted by molar-refractivity contribution is -0.772. The van der Waals surface area contributed by atoms with Gasteiger partial charge in [0, 0.05) is 0 Å². The van der Waals surface area contributed by atoms with Crippen molar-refractivity contribution in [1.29, 1.82) is 0 Å². The van der Waals surface area contributed by atoms with Crippen LogP contribution in [0.5, 0.6) is 0 Å². The van der Waals surface area contributed by atoms with Gasteiger partial charge in [-0.2, -0.15) is 0 Å². The highest BCUT2D eigenvalue weighted by Crippen LogP contribution is 2.16. The molecule has 0 fully saturated rings. The quantitative estimate of drug-likeness (QED) is 0.263. The van der Waals surface area contributed by atoms with E-state index in [1.165, 1.54) is 0 Å². The minimum absolute atomic E-state index is 0.694. The van der Waals surface area contributed by atoms with E-state index in [9.17, 15) is 20.2 Å². The lowest BCUT2D eigenvalue weighted by atomic mass is 9.93. The van der Waals surface area contributed by atoms with Crippen molar-refractivity contribution >= 4 is 0 Å². The lowest BCUT2D eigenvalue weighted by Gasteiger charge is -2.26. The van der Waals surface area contributed by atoms with Crippen molar-refractivity contribution in [2.24, 2.45) is 5.41 Å². The first-order chi connectivity index (χ1) is 10.4. The fraction of sp³-hybridized carbons (Fsp3) is 1.00. The van der Waals surface area contributed by atoms with Crippen molar-refractivity contribution in [3.8, 4) is 0 Å². The van der Waals surface area contributed by atoms with E-state index in [0.29, 0.717) is 0 Å². The Morgan fingerprint density at radius 1 is 0.739 bits per heavy atom. The minimum atomic E-state index is -1.57. The van der Waals surface area contributed by atoms with Crippen LogP contribution in [-0.4, -0.2) is 67.4 Å². The smallest absolute Gasteiger partial charge is 0.294 e. The van der Waals surface area contributed by atoms with E-state index in [1.807, 2.05) is 0 Å². The largest absolute Gasteiger partial charge is 0.396 e. The van der Waals surface area contributed by atoms with Gasteiger partial charge in [0.25, 0.3) is 20.3 Å². The van der Waals surface area contributed by atoms with Crippen LogP contribution in [0.2, 0.25) is 0 Å². The Morgan fingerprint density at radius 2 is 0.957 bits per heavy atom. The van der Waals surface area contributed by atoms with Crippen LogP contribution in [0.25, 0.3) is 0 Å². The monoisotopic (exact) mass is 352 g/mol. The number of hydrogen-bond donors (Lipinski definition) is 4. The van der Waals surface area contributed by atoms with Gasteiger partial charge in [-0.1, -0.05) is 0 Å². The molecule has 18 nitrogen and oxygen atoms in total. The Balaban J connectivity index is -0.000000413. The fourth-order valence-corrected chi connectivity index (χ4v) is 0.654. The molecule has 0 bridgehead atoms. The summed E-state index contributed by atoms with van der Waals surface area (Å²) in [7, 11) is 0. The molecule has 136 valence electrons. The van der Waals surface area contributed by atoms with Gasteiger partial charge in [0.05, 0.1) is 18.6 Å². The van der Waals surface area contributed by atoms with E-state index >= 15 is 0 Å². The minimum Gasteiger partial charge on any atom is -0.396 e. The molecule has 0 atom stereocenters. The molecule has 0 spiro atoms. The normalized spacial score (nSPS) is 9.13. The van der Waals surface area contributed by atoms with E-state index in [4.69, 9.17) is 40.9 Å². The van der Waals surface area contributed by atoms with Gasteiger partial charge in [0.1, 0.15) is 13.2 Å². The zero-order chi connectivity index (χ0) is 19.1. The van der Waals surface area contributed by atoms with Gasteiger partial charge in [-0.25, -0.2) is 0 Å². The molecule has 0 aliphatic carbocycles. The lowest BCUT2D eigenvalue weighted by Crippen LogP contribution is -2.41. The third-order valence-electron chi connectivity index (χ3n) is 1.62. The maximum atomic E-state index is 9.86. The summed E-state index contributed by atoms with van der Waals surface area (Å²) in [6.07, 6.45) is 0. The summed E-state index contributed by atoms with van der Waals surface area (Å²) >= 11 is 0. The molecule has 0 aromatic carbocycles. The maximum absolute atomic E-state index is 9.86. The average Bonchev–Trinajstić information content (AvgIpc) is 2.38. The number of aliphatic hydroxyl groups excluding tert-OH is 2. The standard InChI is InChI=1S/C5H10N2O8.2HNO3/c8-1-5(2-9,3-14-6(10)11)4-15-7(12)13;2*2-1(3)4/h8-9H,1-4H2;2*(H,2,3,4). The Labute approximate surface area is 124 Å². The van der Waals surface area contributed by atoms with Crippen LogP contribution in [0.15, 0.2) is 0 Å². The molecular weight excluding hydrogens is 340 g/mol. The first-order valence-corrected chi connectivity index (χ1v) is 4.85. The van der Waals surface area contributed by atoms with Gasteiger partial charge in [-0.05, 0) is 0 Å². The topological polar surface area (TPSA) is 272 Å². The summed E-state index contributed by atoms with van der Waals surface area (Å²) in [6.45, 7) is -2.88. The van der Waals surface area contributed by atoms with Crippen molar-refractivity contribution in [1.82, 2.24) is 0 Å². The predicted molar refractivity (Wildman–Crippen MR) is 60.1 cm³/mol. The Morgan fingerprint density at radius 3 is 1.09 bits per heavy atom. The highest BCUT2D eigenvalue weighted by molar-refractivity contribution is 4.76. The molecular formula is C5H12N4O14. The highest BCUT2D eigenvalue weighted by Gasteiger charge is 2.32. The van der Waals surface area contributed by atoms with Gasteiger partial charge in [-0.15, -0.1) is 40.5 Å². The van der Waals surface area contributed by atoms with Crippen molar-refractivity contribution < 1.29 is 50.6 Å². The number of nitrogens with zero attached hydrogens (tertiary/aromatic N) is 4. The molecule has 4 N–H and O–H groups in total. The fourth-order valence-electron chi connectivity index (χ4n) is 0.654. The van der Waals surface area contributed by atoms with Crippen LogP contribution in [0.4, 0.5) is 0 Å². The van der Waals surface area contributed by atoms with Gasteiger partial charge in [0.15, 0.2) is 0 Å². The second-order valence-corrected chi connectivity index (χ2v) is 3.29. The molecule has 0 aromatic rings. The molecule has 0 aliphatic heterocycles. The van der Waals surface area contributed by atoms with E-state index in [1.54, 1.807) is 0 Å². The predicted octanol–water partition coefficient (Wildman–Crippen LogP) is -2.32. The zero-order valence-electron chi connectivity index (χ0n) is 11.0. The molecule has 0 unspecified atom stereocenters. The Hall–Kier alpha value is -3.28. The number of hydrogen-bond acceptors (Lipinski definition) is 12. The van der Waals surface area contributed by atoms with E-state index in [0.717, 1.165) is 0 Å². The summed E-state index contributed by atoms with van der Waals surface area (Å²) in [5.41, 5.74) is -1.57. The highest BCUT2D eigenvalue weighted by atomic mass is 17.0. The maximum Gasteiger partial charge on any atom is 0.294 e. The molecule has 0 aromatic heterocycles. The molecule has 0 radical (unpaired) electrons. The van der Waals surface area contributed by atoms with E-state index in [2.05, 4.69) is 9.68 Å². The third kappa shape index (κ3) is 24.2. The Kier molecular flexibility index (Phi) is 14.7. The van der Waals surface area contributed by atoms with Crippen molar-refractivity contribution in [3.05, 3.63) is 40.5 Å². The molecule has 18 heteroatoms. The molecule has 0 aliphatic rings. The van der Waals surface area contributed by atoms with Gasteiger partial charge < -0.3 is 30.3 Å². The van der Waals surface area contributed by atoms with Gasteiger partial charge >= 0.3 is 0 Å². The molecule has 0 rings (SSSR count). The molecule has 0 saturated heterocycles. The van der Waals surface area contributed by atoms with Crippen molar-refractivity contribution in [3.63, 3.8) is 0 Å². The number of aliphatic hydroxyl groups is 2. The van der Waals surface area contributed by atoms with Gasteiger partial charge in [0.2, 0.25) is 0 Å². The summed E-state index contributed by atoms with van der Waals surface area (Å²) in [6, 6.07) is 0. The zero-order valence-corrected chi connectivity index (χ0v) is 11.0. The third-order valence-corrected chi connectivity index (χ3v) is 1.62. The first kappa shape index (κ1) is 24.7. The van der Waals surface area contributed by atoms with Crippen LogP contribution in [0.3, 0.4) is 0 Å². The van der Waals surface area contributed by atoms with Crippen molar-refractivity contribution in [2.75, 3.05) is 26.4 Å². The Bertz CT molecular complexity index is 341. The van der Waals surface area contributed by atoms with Crippen LogP contribution >= 0.6 is 0 Å². The summed E-state index contributed by atoms with van der Waals surface area (Å²) in [5.74, 6) is 0. The molecule has 23 heavy (non-hydrogen) atoms. The summed E-state index contributed by atoms with van der Waals surface area (Å²) in [4.78, 5) is 44.3. The van der Waals surface area contributed by atoms with Crippen LogP contribution in [-0.2, 0) is 9.68 Å². The summed E-state index contributed by atoms with van der Waals surface area (Å²) in [5, 5.41) is 62.4. The molecule has 0 amide bonds. The second kappa shape index (κ2) is 13.7. The van der Waals surface area contributed by atoms with Crippen molar-refractivity contribution in [2.45, 2.75) is 0 Å². The SMILES string of the molecule is O=[N+]([O-])O.O=[N+]([O-])O.O=[N+]([O-])OCC(CO)(CO)CO[N+](=O)[O-]. The van der Waals surface area contributed by atoms with Crippen LogP contribution in [0.1, 0.15) is 0 Å². The van der Waals surface area contributed by atoms with Crippen LogP contribution < -0.4 is 0 Å². The summed E-state index contributed by atoms with van der Waals surface area (Å²) < 4.78 is 0. The number of rotatable bonds is 8. The first-order valence-electron chi connectivity index (χ1n) is 4.85. The molecule has 0 saturated carbocycles. The molecule has 0 heterocycles. The average molecular weight is 352 g/mol. The van der Waals surface area contributed by atoms with Crippen LogP contribution in [0, 0.1) is 45.9 Å². The van der Waals surface area contributed by atoms with Gasteiger partial charge in [-0.3, -0.25) is 0 Å². The van der Waals surface area contributed by atoms with E-state index in [-0.39, 0.29) is 0 Å².